The summed E-state index contributed by atoms with van der Waals surface area (Å²) in [5.41, 5.74) is 0.583. The summed E-state index contributed by atoms with van der Waals surface area (Å²) >= 11 is 1.44. The summed E-state index contributed by atoms with van der Waals surface area (Å²) in [6.45, 7) is 1.96. The Labute approximate surface area is 120 Å². The monoisotopic (exact) mass is 311 g/mol. The van der Waals surface area contributed by atoms with Crippen molar-refractivity contribution in [2.45, 2.75) is 24.0 Å². The molecule has 1 aromatic carbocycles. The van der Waals surface area contributed by atoms with Gasteiger partial charge in [-0.1, -0.05) is 6.92 Å². The molecule has 7 heteroatoms. The van der Waals surface area contributed by atoms with Gasteiger partial charge in [-0.3, -0.25) is 0 Å². The van der Waals surface area contributed by atoms with E-state index in [4.69, 9.17) is 5.11 Å². The molecular formula is C13H13NO4S2. The molecule has 0 aliphatic heterocycles. The molecule has 1 N–H and O–H groups in total. The van der Waals surface area contributed by atoms with E-state index >= 15 is 0 Å². The van der Waals surface area contributed by atoms with Gasteiger partial charge in [0.15, 0.2) is 9.84 Å². The van der Waals surface area contributed by atoms with Gasteiger partial charge in [0, 0.05) is 5.38 Å². The highest BCUT2D eigenvalue weighted by atomic mass is 32.2. The van der Waals surface area contributed by atoms with Crippen molar-refractivity contribution in [1.29, 1.82) is 0 Å². The Kier molecular flexibility index (Phi) is 4.20. The lowest BCUT2D eigenvalue weighted by Crippen LogP contribution is -2.06. The van der Waals surface area contributed by atoms with Crippen molar-refractivity contribution in [3.05, 3.63) is 45.9 Å². The first-order chi connectivity index (χ1) is 9.42. The molecule has 0 aliphatic carbocycles. The number of hydrogen-bond donors (Lipinski definition) is 1. The van der Waals surface area contributed by atoms with Crippen molar-refractivity contribution in [2.75, 3.05) is 0 Å². The van der Waals surface area contributed by atoms with Crippen LogP contribution in [0.1, 0.15) is 28.0 Å². The second-order valence-corrected chi connectivity index (χ2v) is 7.11. The lowest BCUT2D eigenvalue weighted by Gasteiger charge is -2.03. The van der Waals surface area contributed by atoms with Crippen LogP contribution in [0.5, 0.6) is 0 Å². The Hall–Kier alpha value is -1.73. The average Bonchev–Trinajstić information content (AvgIpc) is 2.85. The van der Waals surface area contributed by atoms with E-state index in [0.29, 0.717) is 5.69 Å². The van der Waals surface area contributed by atoms with Gasteiger partial charge in [0.25, 0.3) is 0 Å². The molecule has 0 radical (unpaired) electrons. The molecule has 0 atom stereocenters. The largest absolute Gasteiger partial charge is 0.478 e. The summed E-state index contributed by atoms with van der Waals surface area (Å²) in [6.07, 6.45) is 0.776. The van der Waals surface area contributed by atoms with Gasteiger partial charge in [-0.05, 0) is 30.7 Å². The smallest absolute Gasteiger partial charge is 0.335 e. The Morgan fingerprint density at radius 1 is 1.30 bits per heavy atom. The number of aromatic carboxylic acids is 1. The van der Waals surface area contributed by atoms with E-state index in [-0.39, 0.29) is 16.2 Å². The first-order valence-electron chi connectivity index (χ1n) is 5.92. The van der Waals surface area contributed by atoms with Crippen LogP contribution in [0.4, 0.5) is 0 Å². The van der Waals surface area contributed by atoms with Gasteiger partial charge in [-0.15, -0.1) is 11.3 Å². The molecule has 106 valence electrons. The third-order valence-electron chi connectivity index (χ3n) is 2.70. The Bertz CT molecular complexity index is 717. The summed E-state index contributed by atoms with van der Waals surface area (Å²) in [5, 5.41) is 11.4. The molecule has 0 fully saturated rings. The number of aromatic nitrogens is 1. The number of carboxylic acids is 1. The molecule has 20 heavy (non-hydrogen) atoms. The van der Waals surface area contributed by atoms with Crippen LogP contribution in [0, 0.1) is 0 Å². The van der Waals surface area contributed by atoms with Gasteiger partial charge in [0.1, 0.15) is 0 Å². The predicted octanol–water partition coefficient (Wildman–Crippen LogP) is 2.38. The van der Waals surface area contributed by atoms with E-state index in [1.165, 1.54) is 35.6 Å². The SMILES string of the molecule is CCc1nc(CS(=O)(=O)c2ccc(C(=O)O)cc2)cs1. The van der Waals surface area contributed by atoms with E-state index in [0.717, 1.165) is 11.4 Å². The second kappa shape index (κ2) is 5.72. The molecule has 0 saturated carbocycles. The maximum absolute atomic E-state index is 12.2. The number of carbonyl (C=O) groups is 1. The number of hydrogen-bond acceptors (Lipinski definition) is 5. The van der Waals surface area contributed by atoms with Gasteiger partial charge in [0.2, 0.25) is 0 Å². The molecule has 0 saturated heterocycles. The van der Waals surface area contributed by atoms with E-state index in [1.54, 1.807) is 5.38 Å². The van der Waals surface area contributed by atoms with Crippen molar-refractivity contribution in [3.63, 3.8) is 0 Å². The first-order valence-corrected chi connectivity index (χ1v) is 8.45. The Morgan fingerprint density at radius 2 is 1.95 bits per heavy atom. The Morgan fingerprint density at radius 3 is 2.45 bits per heavy atom. The van der Waals surface area contributed by atoms with Crippen LogP contribution < -0.4 is 0 Å². The summed E-state index contributed by atoms with van der Waals surface area (Å²) in [6, 6.07) is 5.19. The number of carboxylic acid groups (broad SMARTS) is 1. The van der Waals surface area contributed by atoms with E-state index in [9.17, 15) is 13.2 Å². The van der Waals surface area contributed by atoms with E-state index in [2.05, 4.69) is 4.98 Å². The topological polar surface area (TPSA) is 84.3 Å². The molecule has 0 aliphatic rings. The molecule has 0 amide bonds. The van der Waals surface area contributed by atoms with Crippen LogP contribution in [-0.2, 0) is 22.0 Å². The zero-order valence-corrected chi connectivity index (χ0v) is 12.4. The van der Waals surface area contributed by atoms with Crippen LogP contribution >= 0.6 is 11.3 Å². The van der Waals surface area contributed by atoms with Gasteiger partial charge in [0.05, 0.1) is 26.9 Å². The third kappa shape index (κ3) is 3.23. The molecular weight excluding hydrogens is 298 g/mol. The number of thiazole rings is 1. The maximum Gasteiger partial charge on any atom is 0.335 e. The fourth-order valence-corrected chi connectivity index (χ4v) is 3.77. The fraction of sp³-hybridized carbons (Fsp3) is 0.231. The summed E-state index contributed by atoms with van der Waals surface area (Å²) < 4.78 is 24.4. The number of aryl methyl sites for hydroxylation is 1. The normalized spacial score (nSPS) is 11.4. The van der Waals surface area contributed by atoms with E-state index < -0.39 is 15.8 Å². The van der Waals surface area contributed by atoms with Crippen LogP contribution in [0.15, 0.2) is 34.5 Å². The number of sulfone groups is 1. The lowest BCUT2D eigenvalue weighted by atomic mass is 10.2. The highest BCUT2D eigenvalue weighted by Gasteiger charge is 2.17. The summed E-state index contributed by atoms with van der Waals surface area (Å²) in [4.78, 5) is 15.1. The fourth-order valence-electron chi connectivity index (χ4n) is 1.66. The quantitative estimate of drug-likeness (QED) is 0.916. The third-order valence-corrected chi connectivity index (χ3v) is 5.41. The van der Waals surface area contributed by atoms with Crippen molar-refractivity contribution >= 4 is 27.1 Å². The molecule has 1 heterocycles. The minimum atomic E-state index is -3.50. The van der Waals surface area contributed by atoms with Crippen molar-refractivity contribution in [1.82, 2.24) is 4.98 Å². The predicted molar refractivity (Wildman–Crippen MR) is 75.8 cm³/mol. The molecule has 0 bridgehead atoms. The number of rotatable bonds is 5. The Balaban J connectivity index is 2.23. The van der Waals surface area contributed by atoms with Crippen molar-refractivity contribution in [3.8, 4) is 0 Å². The van der Waals surface area contributed by atoms with Crippen molar-refractivity contribution < 1.29 is 18.3 Å². The zero-order valence-electron chi connectivity index (χ0n) is 10.7. The van der Waals surface area contributed by atoms with Gasteiger partial charge < -0.3 is 5.11 Å². The van der Waals surface area contributed by atoms with Gasteiger partial charge >= 0.3 is 5.97 Å². The maximum atomic E-state index is 12.2. The van der Waals surface area contributed by atoms with Crippen LogP contribution in [0.25, 0.3) is 0 Å². The lowest BCUT2D eigenvalue weighted by molar-refractivity contribution is 0.0696. The van der Waals surface area contributed by atoms with Gasteiger partial charge in [-0.25, -0.2) is 18.2 Å². The summed E-state index contributed by atoms with van der Waals surface area (Å²) in [7, 11) is -3.50. The highest BCUT2D eigenvalue weighted by molar-refractivity contribution is 7.90. The summed E-state index contributed by atoms with van der Waals surface area (Å²) in [5.74, 6) is -1.25. The van der Waals surface area contributed by atoms with Crippen LogP contribution in [0.3, 0.4) is 0 Å². The molecule has 2 aromatic rings. The van der Waals surface area contributed by atoms with Gasteiger partial charge in [-0.2, -0.15) is 0 Å². The molecule has 1 aromatic heterocycles. The van der Waals surface area contributed by atoms with Crippen molar-refractivity contribution in [2.24, 2.45) is 0 Å². The minimum absolute atomic E-state index is 0.0610. The number of benzene rings is 1. The highest BCUT2D eigenvalue weighted by Crippen LogP contribution is 2.19. The zero-order chi connectivity index (χ0) is 14.8. The average molecular weight is 311 g/mol. The standard InChI is InChI=1S/C13H13NO4S2/c1-2-12-14-10(7-19-12)8-20(17,18)11-5-3-9(4-6-11)13(15)16/h3-7H,2,8H2,1H3,(H,15,16). The molecule has 2 rings (SSSR count). The first kappa shape index (κ1) is 14.7. The molecule has 0 unspecified atom stereocenters. The van der Waals surface area contributed by atoms with Crippen LogP contribution in [-0.4, -0.2) is 24.5 Å². The second-order valence-electron chi connectivity index (χ2n) is 4.17. The molecule has 0 spiro atoms. The molecule has 5 nitrogen and oxygen atoms in total. The van der Waals surface area contributed by atoms with Crippen LogP contribution in [0.2, 0.25) is 0 Å². The number of nitrogens with zero attached hydrogens (tertiary/aromatic N) is 1. The minimum Gasteiger partial charge on any atom is -0.478 e. The van der Waals surface area contributed by atoms with E-state index in [1.807, 2.05) is 6.92 Å².